The van der Waals surface area contributed by atoms with Gasteiger partial charge >= 0.3 is 0 Å². The number of nitrogens with zero attached hydrogens (tertiary/aromatic N) is 4. The predicted molar refractivity (Wildman–Crippen MR) is 174 cm³/mol. The average molecular weight is 639 g/mol. The molecular weight excluding hydrogens is 604 g/mol. The maximum Gasteiger partial charge on any atom is 0.251 e. The summed E-state index contributed by atoms with van der Waals surface area (Å²) in [5, 5.41) is 19.7. The van der Waals surface area contributed by atoms with Gasteiger partial charge in [0.25, 0.3) is 5.91 Å². The summed E-state index contributed by atoms with van der Waals surface area (Å²) in [6.45, 7) is 0. The lowest BCUT2D eigenvalue weighted by molar-refractivity contribution is 0.0951. The van der Waals surface area contributed by atoms with Crippen molar-refractivity contribution in [1.82, 2.24) is 30.0 Å². The van der Waals surface area contributed by atoms with Crippen molar-refractivity contribution in [2.45, 2.75) is 61.6 Å². The van der Waals surface area contributed by atoms with Crippen molar-refractivity contribution in [3.05, 3.63) is 83.9 Å². The van der Waals surface area contributed by atoms with E-state index >= 15 is 0 Å². The minimum atomic E-state index is -3.62. The number of aliphatic hydroxyl groups is 1. The van der Waals surface area contributed by atoms with Crippen molar-refractivity contribution < 1.29 is 18.3 Å². The Morgan fingerprint density at radius 3 is 2.35 bits per heavy atom. The van der Waals surface area contributed by atoms with Gasteiger partial charge in [0, 0.05) is 47.5 Å². The number of pyridine rings is 2. The fraction of sp³-hybridized carbons (Fsp3) is 0.303. The summed E-state index contributed by atoms with van der Waals surface area (Å²) in [6, 6.07) is 14.3. The van der Waals surface area contributed by atoms with Crippen LogP contribution < -0.4 is 20.7 Å². The highest BCUT2D eigenvalue weighted by molar-refractivity contribution is 7.89. The molecule has 1 amide bonds. The van der Waals surface area contributed by atoms with Crippen LogP contribution in [0.1, 0.15) is 60.1 Å². The third-order valence-electron chi connectivity index (χ3n) is 7.83. The highest BCUT2D eigenvalue weighted by atomic mass is 32.2. The van der Waals surface area contributed by atoms with Gasteiger partial charge in [-0.1, -0.05) is 5.92 Å². The predicted octanol–water partition coefficient (Wildman–Crippen LogP) is 3.59. The van der Waals surface area contributed by atoms with Gasteiger partial charge < -0.3 is 21.1 Å². The number of amides is 1. The number of hydrogen-bond acceptors (Lipinski definition) is 10. The third-order valence-corrected chi connectivity index (χ3v) is 9.23. The van der Waals surface area contributed by atoms with Gasteiger partial charge in [-0.05, 0) is 100 Å². The topological polar surface area (TPSA) is 171 Å². The molecule has 0 atom stereocenters. The smallest absolute Gasteiger partial charge is 0.251 e. The molecule has 12 nitrogen and oxygen atoms in total. The summed E-state index contributed by atoms with van der Waals surface area (Å²) in [4.78, 5) is 30.3. The van der Waals surface area contributed by atoms with Crippen molar-refractivity contribution in [2.24, 2.45) is 0 Å². The molecule has 0 spiro atoms. The average Bonchev–Trinajstić information content (AvgIpc) is 3.90. The van der Waals surface area contributed by atoms with E-state index in [2.05, 4.69) is 47.5 Å². The standard InChI is InChI=1S/C33H34N8O4S/c1-34-46(44,45)28-14-15-30(36-19-28)29-20-37-33(41-31(29)38-23-10-12-27(42)13-11-23)40-25-5-2-21(3-6-25)4-7-26-18-22(16-17-35-26)32(43)39-24-8-9-24/h2-3,5-6,14-20,23-24,27,34,42H,8-13H2,1H3,(H,39,43)(H2,37,38,40,41). The second-order valence-corrected chi connectivity index (χ2v) is 13.2. The molecule has 2 saturated carbocycles. The molecule has 5 N–H and O–H groups in total. The van der Waals surface area contributed by atoms with Crippen LogP contribution in [-0.4, -0.2) is 64.6 Å². The number of aliphatic hydroxyl groups excluding tert-OH is 1. The molecule has 4 aromatic rings. The summed E-state index contributed by atoms with van der Waals surface area (Å²) < 4.78 is 26.6. The fourth-order valence-corrected chi connectivity index (χ4v) is 5.68. The minimum Gasteiger partial charge on any atom is -0.393 e. The molecule has 0 unspecified atom stereocenters. The lowest BCUT2D eigenvalue weighted by atomic mass is 9.93. The van der Waals surface area contributed by atoms with Gasteiger partial charge in [0.2, 0.25) is 16.0 Å². The van der Waals surface area contributed by atoms with Gasteiger partial charge in [0.1, 0.15) is 16.4 Å². The van der Waals surface area contributed by atoms with Crippen LogP contribution in [-0.2, 0) is 10.0 Å². The number of sulfonamides is 1. The SMILES string of the molecule is CNS(=O)(=O)c1ccc(-c2cnc(Nc3ccc(C#Cc4cc(C(=O)NC5CC5)ccn4)cc3)nc2NC2CCC(O)CC2)nc1. The number of benzene rings is 1. The maximum absolute atomic E-state index is 12.3. The van der Waals surface area contributed by atoms with Crippen molar-refractivity contribution in [2.75, 3.05) is 17.7 Å². The Morgan fingerprint density at radius 2 is 1.65 bits per heavy atom. The van der Waals surface area contributed by atoms with Crippen molar-refractivity contribution in [3.8, 4) is 23.1 Å². The quantitative estimate of drug-likeness (QED) is 0.171. The van der Waals surface area contributed by atoms with E-state index in [1.807, 2.05) is 24.3 Å². The van der Waals surface area contributed by atoms with Crippen LogP contribution in [0.2, 0.25) is 0 Å². The first-order chi connectivity index (χ1) is 22.3. The number of carbonyl (C=O) groups is 1. The zero-order chi connectivity index (χ0) is 32.1. The number of carbonyl (C=O) groups excluding carboxylic acids is 1. The molecule has 2 aliphatic rings. The maximum atomic E-state index is 12.3. The first-order valence-corrected chi connectivity index (χ1v) is 16.6. The van der Waals surface area contributed by atoms with E-state index in [-0.39, 0.29) is 29.0 Å². The second-order valence-electron chi connectivity index (χ2n) is 11.3. The Hall–Kier alpha value is -4.90. The molecule has 13 heteroatoms. The molecule has 3 heterocycles. The van der Waals surface area contributed by atoms with Gasteiger partial charge in [-0.2, -0.15) is 4.98 Å². The van der Waals surface area contributed by atoms with Gasteiger partial charge in [0.15, 0.2) is 0 Å². The van der Waals surface area contributed by atoms with Crippen LogP contribution in [0.15, 0.2) is 72.0 Å². The van der Waals surface area contributed by atoms with Crippen LogP contribution in [0, 0.1) is 11.8 Å². The zero-order valence-electron chi connectivity index (χ0n) is 25.2. The first kappa shape index (κ1) is 31.1. The Bertz CT molecular complexity index is 1880. The number of nitrogens with one attached hydrogen (secondary N) is 4. The fourth-order valence-electron chi connectivity index (χ4n) is 5.01. The number of rotatable bonds is 9. The molecule has 0 saturated heterocycles. The summed E-state index contributed by atoms with van der Waals surface area (Å²) in [6.07, 6.45) is 9.26. The molecule has 0 bridgehead atoms. The van der Waals surface area contributed by atoms with Gasteiger partial charge in [0.05, 0.1) is 17.4 Å². The van der Waals surface area contributed by atoms with Crippen molar-refractivity contribution >= 4 is 33.4 Å². The minimum absolute atomic E-state index is 0.0583. The highest BCUT2D eigenvalue weighted by Crippen LogP contribution is 2.30. The molecule has 0 aliphatic heterocycles. The summed E-state index contributed by atoms with van der Waals surface area (Å²) in [7, 11) is -2.27. The zero-order valence-corrected chi connectivity index (χ0v) is 26.0. The van der Waals surface area contributed by atoms with Crippen LogP contribution in [0.25, 0.3) is 11.3 Å². The Balaban J connectivity index is 1.18. The lowest BCUT2D eigenvalue weighted by Crippen LogP contribution is -2.29. The molecule has 2 fully saturated rings. The summed E-state index contributed by atoms with van der Waals surface area (Å²) >= 11 is 0. The van der Waals surface area contributed by atoms with E-state index in [0.717, 1.165) is 36.9 Å². The Kier molecular flexibility index (Phi) is 9.20. The second kappa shape index (κ2) is 13.6. The Morgan fingerprint density at radius 1 is 0.891 bits per heavy atom. The van der Waals surface area contributed by atoms with E-state index < -0.39 is 10.0 Å². The van der Waals surface area contributed by atoms with Crippen molar-refractivity contribution in [1.29, 1.82) is 0 Å². The van der Waals surface area contributed by atoms with Gasteiger partial charge in [-0.15, -0.1) is 0 Å². The monoisotopic (exact) mass is 638 g/mol. The normalized spacial score (nSPS) is 17.8. The van der Waals surface area contributed by atoms with Crippen LogP contribution in [0.5, 0.6) is 0 Å². The van der Waals surface area contributed by atoms with Gasteiger partial charge in [-0.25, -0.2) is 23.1 Å². The van der Waals surface area contributed by atoms with E-state index in [4.69, 9.17) is 4.98 Å². The molecule has 1 aromatic carbocycles. The van der Waals surface area contributed by atoms with Crippen molar-refractivity contribution in [3.63, 3.8) is 0 Å². The molecule has 2 aliphatic carbocycles. The van der Waals surface area contributed by atoms with Crippen LogP contribution in [0.3, 0.4) is 0 Å². The van der Waals surface area contributed by atoms with E-state index in [1.54, 1.807) is 30.6 Å². The lowest BCUT2D eigenvalue weighted by Gasteiger charge is -2.27. The van der Waals surface area contributed by atoms with E-state index in [0.29, 0.717) is 47.1 Å². The molecule has 3 aromatic heterocycles. The van der Waals surface area contributed by atoms with Crippen LogP contribution >= 0.6 is 0 Å². The largest absolute Gasteiger partial charge is 0.393 e. The molecule has 236 valence electrons. The van der Waals surface area contributed by atoms with E-state index in [9.17, 15) is 18.3 Å². The Labute approximate surface area is 267 Å². The van der Waals surface area contributed by atoms with Gasteiger partial charge in [-0.3, -0.25) is 9.78 Å². The molecule has 6 rings (SSSR count). The number of hydrogen-bond donors (Lipinski definition) is 5. The third kappa shape index (κ3) is 7.84. The first-order valence-electron chi connectivity index (χ1n) is 15.1. The van der Waals surface area contributed by atoms with Crippen LogP contribution in [0.4, 0.5) is 17.5 Å². The summed E-state index contributed by atoms with van der Waals surface area (Å²) in [5.41, 5.74) is 3.72. The number of aromatic nitrogens is 4. The molecule has 0 radical (unpaired) electrons. The number of anilines is 3. The highest BCUT2D eigenvalue weighted by Gasteiger charge is 2.24. The van der Waals surface area contributed by atoms with E-state index in [1.165, 1.54) is 19.3 Å². The molecular formula is C33H34N8O4S. The summed E-state index contributed by atoms with van der Waals surface area (Å²) in [5.74, 6) is 6.93. The molecule has 46 heavy (non-hydrogen) atoms.